The van der Waals surface area contributed by atoms with Gasteiger partial charge in [-0.25, -0.2) is 47.1 Å². The number of rotatable bonds is 29. The third kappa shape index (κ3) is 18.1. The number of fused-ring (bicyclic) bond motifs is 6. The molecule has 3 aromatic heterocycles. The number of hydrogen-bond donors (Lipinski definition) is 6. The van der Waals surface area contributed by atoms with Gasteiger partial charge < -0.3 is 88.1 Å². The second-order valence-electron chi connectivity index (χ2n) is 25.9. The molecule has 3 aromatic carbocycles. The number of nitrogens with zero attached hydrogens (tertiary/aromatic N) is 9. The predicted octanol–water partition coefficient (Wildman–Crippen LogP) is 6.07. The fraction of sp³-hybridized carbons (Fsp3) is 0.522. The second-order valence-corrected chi connectivity index (χ2v) is 27.9. The molecule has 31 nitrogen and oxygen atoms in total. The molecule has 0 radical (unpaired) electrons. The summed E-state index contributed by atoms with van der Waals surface area (Å²) in [4.78, 5) is 95.5. The van der Waals surface area contributed by atoms with Gasteiger partial charge in [-0.1, -0.05) is 38.2 Å². The molecule has 1 saturated carbocycles. The lowest BCUT2D eigenvalue weighted by Crippen LogP contribution is -2.61. The summed E-state index contributed by atoms with van der Waals surface area (Å²) in [5.74, 6) is 0.773. The van der Waals surface area contributed by atoms with Gasteiger partial charge in [-0.15, -0.1) is 0 Å². The van der Waals surface area contributed by atoms with Crippen LogP contribution in [0.5, 0.6) is 28.7 Å². The summed E-state index contributed by atoms with van der Waals surface area (Å²) >= 11 is 0. The van der Waals surface area contributed by atoms with Crippen LogP contribution < -0.4 is 43.2 Å². The molecule has 5 atom stereocenters. The number of aryl methyl sites for hydroxylation is 2. The van der Waals surface area contributed by atoms with Crippen LogP contribution in [-0.2, 0) is 53.4 Å². The molecule has 2 fully saturated rings. The summed E-state index contributed by atoms with van der Waals surface area (Å²) < 4.78 is 75.5. The van der Waals surface area contributed by atoms with E-state index in [9.17, 15) is 57.6 Å². The van der Waals surface area contributed by atoms with E-state index in [1.54, 1.807) is 39.5 Å². The number of aromatic nitrogens is 4. The predicted molar refractivity (Wildman–Crippen MR) is 366 cm³/mol. The van der Waals surface area contributed by atoms with E-state index in [0.29, 0.717) is 65.1 Å². The number of carboxylic acid groups (broad SMARTS) is 1. The van der Waals surface area contributed by atoms with Gasteiger partial charge in [0.05, 0.1) is 41.5 Å². The highest BCUT2D eigenvalue weighted by atomic mass is 32.2. The number of amides is 5. The summed E-state index contributed by atoms with van der Waals surface area (Å²) in [6.07, 6.45) is 2.58. The number of aliphatic carboxylic acids is 1. The van der Waals surface area contributed by atoms with Crippen LogP contribution in [0, 0.1) is 5.92 Å². The molecular weight excluding hydrogens is 1330 g/mol. The lowest BCUT2D eigenvalue weighted by molar-refractivity contribution is -0.686. The summed E-state index contributed by atoms with van der Waals surface area (Å²) in [6.45, 7) is 1.31. The molecule has 101 heavy (non-hydrogen) atoms. The highest BCUT2D eigenvalue weighted by molar-refractivity contribution is 7.89. The van der Waals surface area contributed by atoms with E-state index < -0.39 is 76.9 Å². The molecule has 10 rings (SSSR count). The monoisotopic (exact) mass is 1420 g/mol. The first-order valence-electron chi connectivity index (χ1n) is 33.8. The number of aliphatic hydroxyl groups is 3. The zero-order chi connectivity index (χ0) is 72.2. The van der Waals surface area contributed by atoms with E-state index in [1.165, 1.54) is 69.9 Å². The number of benzene rings is 3. The average molecular weight is 1430 g/mol. The lowest BCUT2D eigenvalue weighted by Gasteiger charge is -2.38. The van der Waals surface area contributed by atoms with Gasteiger partial charge in [-0.3, -0.25) is 9.36 Å². The minimum atomic E-state index is -3.32. The maximum Gasteiger partial charge on any atom is 0.415 e. The van der Waals surface area contributed by atoms with Crippen molar-refractivity contribution in [3.8, 4) is 40.0 Å². The van der Waals surface area contributed by atoms with Crippen LogP contribution in [-0.4, -0.2) is 231 Å². The first-order chi connectivity index (χ1) is 48.4. The number of carboxylic acids is 1. The van der Waals surface area contributed by atoms with Gasteiger partial charge >= 0.3 is 30.3 Å². The van der Waals surface area contributed by atoms with Crippen LogP contribution >= 0.6 is 0 Å². The van der Waals surface area contributed by atoms with Crippen LogP contribution in [0.25, 0.3) is 33.1 Å². The van der Waals surface area contributed by atoms with Crippen LogP contribution in [0.3, 0.4) is 0 Å². The smallest absolute Gasteiger partial charge is 0.415 e. The van der Waals surface area contributed by atoms with Gasteiger partial charge in [0.2, 0.25) is 34.7 Å². The Morgan fingerprint density at radius 1 is 0.733 bits per heavy atom. The molecule has 3 aliphatic heterocycles. The summed E-state index contributed by atoms with van der Waals surface area (Å²) in [6, 6.07) is 15.6. The third-order valence-corrected chi connectivity index (χ3v) is 20.5. The van der Waals surface area contributed by atoms with E-state index in [1.807, 2.05) is 31.4 Å². The Kier molecular flexibility index (Phi) is 24.6. The number of nitrogens with one attached hydrogen (secondary N) is 2. The number of aliphatic hydroxyl groups excluding tert-OH is 3. The topological polar surface area (TPSA) is 366 Å². The highest BCUT2D eigenvalue weighted by Gasteiger charge is 2.48. The first-order valence-corrected chi connectivity index (χ1v) is 35.5. The summed E-state index contributed by atoms with van der Waals surface area (Å²) in [5.41, 5.74) is 4.02. The highest BCUT2D eigenvalue weighted by Crippen LogP contribution is 2.43. The van der Waals surface area contributed by atoms with Crippen molar-refractivity contribution in [2.24, 2.45) is 5.92 Å². The second kappa shape index (κ2) is 33.4. The normalized spacial score (nSPS) is 19.1. The van der Waals surface area contributed by atoms with E-state index in [4.69, 9.17) is 37.9 Å². The van der Waals surface area contributed by atoms with Crippen LogP contribution in [0.15, 0.2) is 73.3 Å². The largest absolute Gasteiger partial charge is 0.493 e. The minimum Gasteiger partial charge on any atom is -0.493 e. The maximum absolute atomic E-state index is 13.8. The Labute approximate surface area is 584 Å². The fourth-order valence-corrected chi connectivity index (χ4v) is 13.9. The first kappa shape index (κ1) is 74.4. The van der Waals surface area contributed by atoms with Gasteiger partial charge in [0.25, 0.3) is 0 Å². The molecule has 0 spiro atoms. The summed E-state index contributed by atoms with van der Waals surface area (Å²) in [5, 5.41) is 46.2. The quantitative estimate of drug-likeness (QED) is 0.0229. The van der Waals surface area contributed by atoms with Crippen LogP contribution in [0.1, 0.15) is 88.2 Å². The van der Waals surface area contributed by atoms with E-state index in [2.05, 4.69) is 35.5 Å². The Morgan fingerprint density at radius 3 is 2.10 bits per heavy atom. The molecule has 0 bridgehead atoms. The zero-order valence-electron chi connectivity index (χ0n) is 57.8. The van der Waals surface area contributed by atoms with Crippen molar-refractivity contribution in [2.75, 3.05) is 105 Å². The number of likely N-dealkylation sites (N-methyl/N-ethyl adjacent to an activating group) is 4. The number of anilines is 2. The number of carbonyl (C=O) groups is 6. The number of hydrogen-bond acceptors (Lipinski definition) is 22. The molecule has 4 aliphatic rings. The van der Waals surface area contributed by atoms with Crippen LogP contribution in [0.2, 0.25) is 0 Å². The van der Waals surface area contributed by atoms with Crippen molar-refractivity contribution in [1.82, 2.24) is 38.9 Å². The molecule has 1 aliphatic carbocycles. The van der Waals surface area contributed by atoms with Crippen molar-refractivity contribution in [3.05, 3.63) is 84.4 Å². The van der Waals surface area contributed by atoms with Crippen molar-refractivity contribution in [2.45, 2.75) is 133 Å². The number of carbonyl (C=O) groups excluding carboxylic acids is 5. The maximum atomic E-state index is 13.8. The molecule has 546 valence electrons. The third-order valence-electron chi connectivity index (χ3n) is 18.9. The van der Waals surface area contributed by atoms with E-state index in [0.717, 1.165) is 85.7 Å². The molecule has 6 heterocycles. The zero-order valence-corrected chi connectivity index (χ0v) is 58.6. The average Bonchev–Trinajstić information content (AvgIpc) is 1.54. The van der Waals surface area contributed by atoms with Gasteiger partial charge in [-0.2, -0.15) is 4.57 Å². The molecule has 5 amide bonds. The van der Waals surface area contributed by atoms with Crippen molar-refractivity contribution in [3.63, 3.8) is 0 Å². The fourth-order valence-electron chi connectivity index (χ4n) is 12.8. The van der Waals surface area contributed by atoms with E-state index >= 15 is 0 Å². The van der Waals surface area contributed by atoms with Gasteiger partial charge in [0.1, 0.15) is 42.8 Å². The molecule has 32 heteroatoms. The Morgan fingerprint density at radius 2 is 1.40 bits per heavy atom. The van der Waals surface area contributed by atoms with Gasteiger partial charge in [0.15, 0.2) is 47.5 Å². The number of methoxy groups -OCH3 is 1. The van der Waals surface area contributed by atoms with Crippen LogP contribution in [0.4, 0.5) is 30.7 Å². The molecule has 0 unspecified atom stereocenters. The number of pyridine rings is 1. The summed E-state index contributed by atoms with van der Waals surface area (Å²) in [7, 11) is 7.82. The van der Waals surface area contributed by atoms with Crippen molar-refractivity contribution < 1.29 is 100 Å². The number of sulfonamides is 1. The van der Waals surface area contributed by atoms with Crippen molar-refractivity contribution in [1.29, 1.82) is 0 Å². The number of unbranched alkanes of at least 4 members (excludes halogenated alkanes) is 6. The standard InChI is InChI=1S/C69H89N11O20S/c1-70-101(91,92)39-42-16-20-46(21-17-42)78(6)62-47-25-27-80(63(47)72-40-71-62)66(87)74(2)28-29-76(4)68(89)95-38-43-18-22-52(98-65-59(84)57(82)58(83)61(99-65)64(85)86)50(33-43)73-56(81)15-13-11-9-8-10-12-14-32-94-67(88)75(3)30-31-77(5)69(90)100-60-49-37-79-26-24-45-35-54-55(97-41-96-54)36-48(45)51(79)34-44(49)19-23-53(60)93-7/h18-19,22-23,25,27,33-37,40,42,46,57-59,61,65,70,82-84H,8-17,20-21,24,26,28-32,38-39,41H2,1-7H3,(H-,73,81,85,86)/p+1/t42-,46-,57-,58-,59+,61-,65+/m0/s1. The molecular formula is C69H90N11O20S+. The van der Waals surface area contributed by atoms with Gasteiger partial charge in [-0.05, 0) is 110 Å². The van der Waals surface area contributed by atoms with Gasteiger partial charge in [0, 0.05) is 92.6 Å². The Bertz CT molecular complexity index is 4100. The number of ether oxygens (including phenoxy) is 8. The molecule has 6 aromatic rings. The van der Waals surface area contributed by atoms with Crippen molar-refractivity contribution >= 4 is 79.5 Å². The van der Waals surface area contributed by atoms with E-state index in [-0.39, 0.29) is 87.5 Å². The minimum absolute atomic E-state index is 0.0446. The molecule has 6 N–H and O–H groups in total. The lowest BCUT2D eigenvalue weighted by atomic mass is 9.86. The Hall–Kier alpha value is -9.34. The Balaban J connectivity index is 0.638. The molecule has 1 saturated heterocycles. The SMILES string of the molecule is CNS(=O)(=O)C[C@H]1CC[C@H](N(C)c2ncnc3c2ccn3C(=O)N(C)CCN(C)C(=O)OCc2ccc(O[C@@H]3O[C@H](C(=O)O)[C@@H](O)[C@H](O)[C@H]3O)c(NC(=O)CCCCCCCCCOC(=O)N(C)CCN(C)C(=O)Oc3c(OC)ccc4cc5[n+](cc34)CCc3cc4c(cc3-5)OCO4)c2)CC1.